The average Bonchev–Trinajstić information content (AvgIpc) is 3.26. The highest BCUT2D eigenvalue weighted by atomic mass is 16.6. The predicted molar refractivity (Wildman–Crippen MR) is 144 cm³/mol. The maximum absolute atomic E-state index is 12.9. The molecule has 0 bridgehead atoms. The molecule has 41 heavy (non-hydrogen) atoms. The quantitative estimate of drug-likeness (QED) is 0.244. The van der Waals surface area contributed by atoms with E-state index in [9.17, 15) is 29.1 Å². The Balaban J connectivity index is 2.35. The normalized spacial score (nSPS) is 35.4. The van der Waals surface area contributed by atoms with E-state index in [0.29, 0.717) is 30.4 Å². The van der Waals surface area contributed by atoms with Gasteiger partial charge in [-0.2, -0.15) is 0 Å². The maximum atomic E-state index is 12.9. The zero-order chi connectivity index (χ0) is 30.9. The summed E-state index contributed by atoms with van der Waals surface area (Å²) in [5, 5.41) is 12.6. The van der Waals surface area contributed by atoms with E-state index in [-0.39, 0.29) is 19.4 Å². The van der Waals surface area contributed by atoms with Crippen molar-refractivity contribution in [3.63, 3.8) is 0 Å². The van der Waals surface area contributed by atoms with E-state index in [2.05, 4.69) is 6.58 Å². The van der Waals surface area contributed by atoms with E-state index >= 15 is 0 Å². The van der Waals surface area contributed by atoms with Gasteiger partial charge in [0.15, 0.2) is 12.2 Å². The van der Waals surface area contributed by atoms with Crippen LogP contribution in [-0.4, -0.2) is 71.6 Å². The van der Waals surface area contributed by atoms with Crippen LogP contribution < -0.4 is 0 Å². The lowest BCUT2D eigenvalue weighted by Gasteiger charge is -2.67. The number of aliphatic hydroxyl groups is 1. The van der Waals surface area contributed by atoms with Crippen molar-refractivity contribution >= 4 is 29.8 Å². The van der Waals surface area contributed by atoms with Gasteiger partial charge in [0, 0.05) is 56.4 Å². The number of hydrogen-bond acceptors (Lipinski definition) is 11. The summed E-state index contributed by atoms with van der Waals surface area (Å²) < 4.78 is 28.6. The first-order valence-corrected chi connectivity index (χ1v) is 14.0. The van der Waals surface area contributed by atoms with Gasteiger partial charge in [-0.25, -0.2) is 4.79 Å². The molecule has 2 saturated carbocycles. The van der Waals surface area contributed by atoms with Crippen LogP contribution in [0.15, 0.2) is 23.8 Å². The molecule has 11 nitrogen and oxygen atoms in total. The van der Waals surface area contributed by atoms with Crippen LogP contribution in [0, 0.1) is 16.7 Å². The summed E-state index contributed by atoms with van der Waals surface area (Å²) in [5.74, 6) is -3.88. The van der Waals surface area contributed by atoms with Crippen LogP contribution in [0.25, 0.3) is 0 Å². The molecular weight excluding hydrogens is 536 g/mol. The maximum Gasteiger partial charge on any atom is 0.331 e. The number of carbonyl (C=O) groups is 5. The molecule has 0 radical (unpaired) electrons. The molecule has 3 rings (SSSR count). The topological polar surface area (TPSA) is 152 Å². The monoisotopic (exact) mass is 578 g/mol. The Bertz CT molecular complexity index is 1140. The first-order valence-electron chi connectivity index (χ1n) is 14.0. The Morgan fingerprint density at radius 3 is 2.20 bits per heavy atom. The molecule has 1 N–H and O–H groups in total. The lowest BCUT2D eigenvalue weighted by Crippen LogP contribution is -2.78. The van der Waals surface area contributed by atoms with Crippen LogP contribution >= 0.6 is 0 Å². The molecule has 1 aliphatic heterocycles. The van der Waals surface area contributed by atoms with Crippen LogP contribution in [-0.2, 0) is 47.7 Å². The molecule has 0 saturated heterocycles. The zero-order valence-corrected chi connectivity index (χ0v) is 24.9. The lowest BCUT2D eigenvalue weighted by atomic mass is 9.41. The largest absolute Gasteiger partial charge is 0.462 e. The van der Waals surface area contributed by atoms with Crippen molar-refractivity contribution in [2.75, 3.05) is 6.61 Å². The highest BCUT2D eigenvalue weighted by molar-refractivity contribution is 5.85. The van der Waals surface area contributed by atoms with Crippen molar-refractivity contribution in [2.45, 2.75) is 111 Å². The van der Waals surface area contributed by atoms with Crippen molar-refractivity contribution < 1.29 is 52.8 Å². The molecule has 11 heteroatoms. The second-order valence-electron chi connectivity index (χ2n) is 11.9. The first-order chi connectivity index (χ1) is 19.0. The Labute approximate surface area is 240 Å². The fraction of sp³-hybridized carbons (Fsp3) is 0.700. The van der Waals surface area contributed by atoms with E-state index in [1.807, 2.05) is 0 Å². The number of esters is 5. The first kappa shape index (κ1) is 32.3. The van der Waals surface area contributed by atoms with E-state index in [1.54, 1.807) is 20.8 Å². The fourth-order valence-corrected chi connectivity index (χ4v) is 7.13. The van der Waals surface area contributed by atoms with Gasteiger partial charge >= 0.3 is 29.8 Å². The Hall–Kier alpha value is -3.21. The number of cyclic esters (lactones) is 1. The second kappa shape index (κ2) is 12.0. The molecule has 0 unspecified atom stereocenters. The minimum absolute atomic E-state index is 0.00231. The van der Waals surface area contributed by atoms with E-state index in [1.165, 1.54) is 33.8 Å². The van der Waals surface area contributed by atoms with Crippen LogP contribution in [0.3, 0.4) is 0 Å². The van der Waals surface area contributed by atoms with Crippen molar-refractivity contribution in [2.24, 2.45) is 16.7 Å². The van der Waals surface area contributed by atoms with E-state index < -0.39 is 76.6 Å². The zero-order valence-electron chi connectivity index (χ0n) is 24.9. The van der Waals surface area contributed by atoms with Gasteiger partial charge in [-0.1, -0.05) is 32.9 Å². The molecule has 228 valence electrons. The molecule has 0 amide bonds. The molecule has 2 aliphatic carbocycles. The van der Waals surface area contributed by atoms with Gasteiger partial charge in [0.2, 0.25) is 0 Å². The fourth-order valence-electron chi connectivity index (χ4n) is 7.13. The molecular formula is C30H42O11. The summed E-state index contributed by atoms with van der Waals surface area (Å²) in [6, 6.07) is 0. The van der Waals surface area contributed by atoms with Gasteiger partial charge in [-0.3, -0.25) is 19.2 Å². The molecule has 0 aromatic heterocycles. The van der Waals surface area contributed by atoms with Gasteiger partial charge in [0.25, 0.3) is 0 Å². The Morgan fingerprint density at radius 2 is 1.68 bits per heavy atom. The summed E-state index contributed by atoms with van der Waals surface area (Å²) in [7, 11) is 0. The van der Waals surface area contributed by atoms with E-state index in [4.69, 9.17) is 23.7 Å². The molecule has 0 spiro atoms. The molecule has 0 aromatic carbocycles. The third-order valence-electron chi connectivity index (χ3n) is 9.14. The minimum atomic E-state index is -2.03. The molecule has 3 aliphatic rings. The van der Waals surface area contributed by atoms with Crippen LogP contribution in [0.2, 0.25) is 0 Å². The van der Waals surface area contributed by atoms with Gasteiger partial charge in [-0.05, 0) is 31.8 Å². The number of rotatable bonds is 9. The van der Waals surface area contributed by atoms with Gasteiger partial charge in [0.1, 0.15) is 24.4 Å². The third-order valence-corrected chi connectivity index (χ3v) is 9.14. The molecule has 2 fully saturated rings. The van der Waals surface area contributed by atoms with Crippen LogP contribution in [0.4, 0.5) is 0 Å². The molecule has 8 atom stereocenters. The standard InChI is InChI=1S/C30H42O11/c1-9-10-23(34)41-27-26(40-19(5)33)28(6)16(2)11-12-21(38-17(3)31)25(28)29(7,30(27,8)36)22(39-18(4)32)13-20-14-24(35)37-15-20/h14,21-22,25-27,36H,2,9-13,15H2,1,3-8H3/t21-,22+,25+,26+,27+,28+,29-,30+/m1/s1. The number of fused-ring (bicyclic) bond motifs is 1. The highest BCUT2D eigenvalue weighted by Crippen LogP contribution is 2.66. The summed E-state index contributed by atoms with van der Waals surface area (Å²) in [5.41, 5.74) is -3.60. The van der Waals surface area contributed by atoms with Gasteiger partial charge in [-0.15, -0.1) is 0 Å². The summed E-state index contributed by atoms with van der Waals surface area (Å²) in [4.78, 5) is 62.2. The van der Waals surface area contributed by atoms with Crippen molar-refractivity contribution in [1.82, 2.24) is 0 Å². The minimum Gasteiger partial charge on any atom is -0.462 e. The predicted octanol–water partition coefficient (Wildman–Crippen LogP) is 3.11. The van der Waals surface area contributed by atoms with Crippen LogP contribution in [0.1, 0.15) is 80.6 Å². The Kier molecular flexibility index (Phi) is 9.42. The third kappa shape index (κ3) is 5.91. The van der Waals surface area contributed by atoms with E-state index in [0.717, 1.165) is 0 Å². The van der Waals surface area contributed by atoms with Gasteiger partial charge in [0.05, 0.1) is 0 Å². The lowest BCUT2D eigenvalue weighted by molar-refractivity contribution is -0.313. The molecule has 1 heterocycles. The summed E-state index contributed by atoms with van der Waals surface area (Å²) in [6.45, 7) is 14.7. The molecule has 0 aromatic rings. The van der Waals surface area contributed by atoms with Crippen molar-refractivity contribution in [1.29, 1.82) is 0 Å². The number of hydrogen-bond donors (Lipinski definition) is 1. The number of ether oxygens (including phenoxy) is 5. The average molecular weight is 579 g/mol. The Morgan fingerprint density at radius 1 is 1.05 bits per heavy atom. The smallest absolute Gasteiger partial charge is 0.331 e. The number of carbonyl (C=O) groups excluding carboxylic acids is 5. The van der Waals surface area contributed by atoms with Crippen molar-refractivity contribution in [3.05, 3.63) is 23.8 Å². The summed E-state index contributed by atoms with van der Waals surface area (Å²) in [6.07, 6.45) is -2.01. The summed E-state index contributed by atoms with van der Waals surface area (Å²) >= 11 is 0. The van der Waals surface area contributed by atoms with Crippen LogP contribution in [0.5, 0.6) is 0 Å². The van der Waals surface area contributed by atoms with Gasteiger partial charge < -0.3 is 28.8 Å². The second-order valence-corrected chi connectivity index (χ2v) is 11.9. The SMILES string of the molecule is C=C1CC[C@@H](OC(C)=O)[C@H]2[C@@]1(C)[C@@H](OC(C)=O)[C@H](OC(=O)CCC)[C@](C)(O)[C@]2(C)[C@H](CC1=CC(=O)OC1)OC(C)=O. The van der Waals surface area contributed by atoms with Crippen molar-refractivity contribution in [3.8, 4) is 0 Å². The highest BCUT2D eigenvalue weighted by Gasteiger charge is 2.75.